The number of anilines is 2. The van der Waals surface area contributed by atoms with E-state index in [1.807, 2.05) is 28.9 Å². The maximum atomic E-state index is 13.5. The van der Waals surface area contributed by atoms with Crippen molar-refractivity contribution in [2.24, 2.45) is 5.92 Å². The molecule has 33 heavy (non-hydrogen) atoms. The van der Waals surface area contributed by atoms with Crippen LogP contribution in [-0.4, -0.2) is 30.2 Å². The molecule has 0 saturated heterocycles. The fourth-order valence-electron chi connectivity index (χ4n) is 5.03. The second-order valence-electron chi connectivity index (χ2n) is 8.68. The number of imidazole rings is 1. The second kappa shape index (κ2) is 7.25. The van der Waals surface area contributed by atoms with Gasteiger partial charge in [-0.25, -0.2) is 19.9 Å². The van der Waals surface area contributed by atoms with Crippen molar-refractivity contribution in [2.45, 2.75) is 38.0 Å². The minimum absolute atomic E-state index is 0.120. The molecule has 1 atom stereocenters. The monoisotopic (exact) mass is 459 g/mol. The molecule has 1 aliphatic heterocycles. The number of hydrogen-bond acceptors (Lipinski definition) is 6. The Hall–Kier alpha value is -3.52. The number of fused-ring (bicyclic) bond motifs is 2. The summed E-state index contributed by atoms with van der Waals surface area (Å²) in [7, 11) is 0. The van der Waals surface area contributed by atoms with Gasteiger partial charge in [-0.1, -0.05) is 37.1 Å². The van der Waals surface area contributed by atoms with E-state index >= 15 is 0 Å². The van der Waals surface area contributed by atoms with E-state index in [4.69, 9.17) is 27.3 Å². The molecule has 2 aliphatic rings. The molecular weight excluding hydrogens is 438 g/mol. The molecule has 8 nitrogen and oxygen atoms in total. The topological polar surface area (TPSA) is 111 Å². The number of halogens is 1. The van der Waals surface area contributed by atoms with Crippen LogP contribution in [-0.2, 0) is 16.6 Å². The average Bonchev–Trinajstić information content (AvgIpc) is 3.45. The van der Waals surface area contributed by atoms with Gasteiger partial charge in [-0.2, -0.15) is 0 Å². The highest BCUT2D eigenvalue weighted by Crippen LogP contribution is 2.57. The third kappa shape index (κ3) is 2.94. The molecule has 3 N–H and O–H groups in total. The van der Waals surface area contributed by atoms with Crippen LogP contribution in [0.2, 0.25) is 5.02 Å². The highest BCUT2D eigenvalue weighted by Gasteiger charge is 2.59. The third-order valence-corrected chi connectivity index (χ3v) is 6.82. The Bertz CT molecular complexity index is 1410. The van der Waals surface area contributed by atoms with Crippen molar-refractivity contribution < 1.29 is 4.79 Å². The van der Waals surface area contributed by atoms with Crippen LogP contribution in [0.1, 0.15) is 43.0 Å². The molecule has 1 amide bonds. The van der Waals surface area contributed by atoms with E-state index < -0.39 is 5.41 Å². The number of amides is 1. The third-order valence-electron chi connectivity index (χ3n) is 6.57. The van der Waals surface area contributed by atoms with E-state index in [0.29, 0.717) is 33.7 Å². The van der Waals surface area contributed by atoms with Crippen LogP contribution >= 0.6 is 11.6 Å². The molecular formula is C24H22ClN7O. The van der Waals surface area contributed by atoms with Gasteiger partial charge in [-0.3, -0.25) is 4.79 Å². The van der Waals surface area contributed by atoms with Crippen LogP contribution in [0.3, 0.4) is 0 Å². The van der Waals surface area contributed by atoms with Crippen LogP contribution in [0.25, 0.3) is 17.2 Å². The molecule has 0 bridgehead atoms. The molecule has 1 fully saturated rings. The summed E-state index contributed by atoms with van der Waals surface area (Å²) in [6.07, 6.45) is 9.06. The molecule has 4 heterocycles. The summed E-state index contributed by atoms with van der Waals surface area (Å²) in [5.41, 5.74) is 9.44. The summed E-state index contributed by atoms with van der Waals surface area (Å²) in [4.78, 5) is 32.1. The van der Waals surface area contributed by atoms with Gasteiger partial charge in [0.05, 0.1) is 11.3 Å². The molecule has 9 heteroatoms. The minimum Gasteiger partial charge on any atom is -0.383 e. The van der Waals surface area contributed by atoms with Crippen molar-refractivity contribution in [1.29, 1.82) is 0 Å². The first-order chi connectivity index (χ1) is 16.0. The molecule has 0 spiro atoms. The maximum absolute atomic E-state index is 13.5. The number of rotatable bonds is 5. The second-order valence-corrected chi connectivity index (χ2v) is 9.12. The van der Waals surface area contributed by atoms with Crippen molar-refractivity contribution in [3.63, 3.8) is 0 Å². The quantitative estimate of drug-likeness (QED) is 0.466. The van der Waals surface area contributed by atoms with Crippen molar-refractivity contribution >= 4 is 34.8 Å². The lowest BCUT2D eigenvalue weighted by Crippen LogP contribution is -2.38. The Balaban J connectivity index is 1.53. The van der Waals surface area contributed by atoms with Crippen LogP contribution in [0, 0.1) is 5.92 Å². The van der Waals surface area contributed by atoms with Gasteiger partial charge in [0.25, 0.3) is 0 Å². The van der Waals surface area contributed by atoms with Crippen LogP contribution in [0.5, 0.6) is 0 Å². The van der Waals surface area contributed by atoms with E-state index in [2.05, 4.69) is 22.2 Å². The molecule has 0 radical (unpaired) electrons. The first-order valence-electron chi connectivity index (χ1n) is 11.1. The summed E-state index contributed by atoms with van der Waals surface area (Å²) < 4.78 is 1.92. The maximum Gasteiger partial charge on any atom is 0.241 e. The summed E-state index contributed by atoms with van der Waals surface area (Å²) >= 11 is 6.12. The fraction of sp³-hybridized carbons (Fsp3) is 0.292. The van der Waals surface area contributed by atoms with E-state index in [0.717, 1.165) is 42.6 Å². The molecule has 166 valence electrons. The van der Waals surface area contributed by atoms with Gasteiger partial charge in [0, 0.05) is 23.6 Å². The number of hydrogen-bond donors (Lipinski definition) is 2. The molecule has 6 rings (SSSR count). The number of benzene rings is 1. The number of nitrogens with one attached hydrogen (secondary N) is 1. The molecule has 1 aromatic carbocycles. The van der Waals surface area contributed by atoms with E-state index in [1.54, 1.807) is 18.3 Å². The predicted molar refractivity (Wildman–Crippen MR) is 126 cm³/mol. The molecule has 3 aromatic heterocycles. The highest BCUT2D eigenvalue weighted by atomic mass is 35.5. The Kier molecular flexibility index (Phi) is 4.42. The van der Waals surface area contributed by atoms with Gasteiger partial charge >= 0.3 is 0 Å². The van der Waals surface area contributed by atoms with Crippen LogP contribution < -0.4 is 11.1 Å². The predicted octanol–water partition coefficient (Wildman–Crippen LogP) is 4.02. The van der Waals surface area contributed by atoms with Gasteiger partial charge in [-0.05, 0) is 42.9 Å². The van der Waals surface area contributed by atoms with Gasteiger partial charge in [-0.15, -0.1) is 0 Å². The first-order valence-corrected chi connectivity index (χ1v) is 11.5. The fourth-order valence-corrected chi connectivity index (χ4v) is 5.16. The molecule has 1 saturated carbocycles. The normalized spacial score (nSPS) is 19.6. The number of nitrogen functional groups attached to an aromatic ring is 1. The summed E-state index contributed by atoms with van der Waals surface area (Å²) in [5, 5.41) is 3.61. The molecule has 1 aliphatic carbocycles. The smallest absolute Gasteiger partial charge is 0.241 e. The number of carbonyl (C=O) groups is 1. The van der Waals surface area contributed by atoms with Crippen LogP contribution in [0.15, 0.2) is 42.9 Å². The number of nitrogens with two attached hydrogens (primary N) is 1. The largest absolute Gasteiger partial charge is 0.383 e. The summed E-state index contributed by atoms with van der Waals surface area (Å²) in [5.74, 6) is 1.15. The number of carbonyl (C=O) groups excluding carboxylic acids is 1. The van der Waals surface area contributed by atoms with Gasteiger partial charge < -0.3 is 15.5 Å². The van der Waals surface area contributed by atoms with Gasteiger partial charge in [0.15, 0.2) is 11.5 Å². The van der Waals surface area contributed by atoms with Crippen molar-refractivity contribution in [3.8, 4) is 11.5 Å². The van der Waals surface area contributed by atoms with Gasteiger partial charge in [0.2, 0.25) is 5.91 Å². The SMILES string of the molecule is CCCc1nc(-c2nc(N)c3c(n2)NC(=O)C3(c2ccc(Cl)cc2)C2CC2)cn2ccnc12. The van der Waals surface area contributed by atoms with Crippen molar-refractivity contribution in [1.82, 2.24) is 24.3 Å². The van der Waals surface area contributed by atoms with Crippen molar-refractivity contribution in [2.75, 3.05) is 11.1 Å². The van der Waals surface area contributed by atoms with E-state index in [1.165, 1.54) is 0 Å². The van der Waals surface area contributed by atoms with Gasteiger partial charge in [0.1, 0.15) is 22.7 Å². The van der Waals surface area contributed by atoms with Crippen LogP contribution in [0.4, 0.5) is 11.6 Å². The molecule has 4 aromatic rings. The highest BCUT2D eigenvalue weighted by molar-refractivity contribution is 6.30. The zero-order valence-corrected chi connectivity index (χ0v) is 18.8. The van der Waals surface area contributed by atoms with E-state index in [9.17, 15) is 4.79 Å². The Morgan fingerprint density at radius 2 is 2.00 bits per heavy atom. The Morgan fingerprint density at radius 3 is 2.73 bits per heavy atom. The van der Waals surface area contributed by atoms with Crippen molar-refractivity contribution in [3.05, 3.63) is 64.7 Å². The first kappa shape index (κ1) is 20.1. The lowest BCUT2D eigenvalue weighted by atomic mass is 9.72. The molecule has 1 unspecified atom stereocenters. The minimum atomic E-state index is -0.905. The average molecular weight is 460 g/mol. The summed E-state index contributed by atoms with van der Waals surface area (Å²) in [6.45, 7) is 2.10. The zero-order chi connectivity index (χ0) is 22.7. The van der Waals surface area contributed by atoms with E-state index in [-0.39, 0.29) is 11.8 Å². The zero-order valence-electron chi connectivity index (χ0n) is 18.0. The standard InChI is InChI=1S/C24H22ClN7O/c1-2-3-16-22-27-10-11-32(22)12-17(28-16)20-29-19(26)18-21(30-20)31-23(33)24(18,13-4-5-13)14-6-8-15(25)9-7-14/h6-13H,2-5H2,1H3,(H3,26,29,30,31,33). The number of aryl methyl sites for hydroxylation is 1. The number of aromatic nitrogens is 5. The Morgan fingerprint density at radius 1 is 1.21 bits per heavy atom. The number of nitrogens with zero attached hydrogens (tertiary/aromatic N) is 5. The lowest BCUT2D eigenvalue weighted by Gasteiger charge is -2.28. The summed E-state index contributed by atoms with van der Waals surface area (Å²) in [6, 6.07) is 7.40. The lowest BCUT2D eigenvalue weighted by molar-refractivity contribution is -0.120. The Labute approximate surface area is 195 Å².